The van der Waals surface area contributed by atoms with Crippen molar-refractivity contribution in [2.75, 3.05) is 13.3 Å². The van der Waals surface area contributed by atoms with Crippen LogP contribution in [0.5, 0.6) is 5.75 Å². The molecule has 1 rings (SSSR count). The van der Waals surface area contributed by atoms with Gasteiger partial charge in [-0.3, -0.25) is 9.59 Å². The van der Waals surface area contributed by atoms with E-state index in [-0.39, 0.29) is 6.54 Å². The van der Waals surface area contributed by atoms with Gasteiger partial charge in [-0.05, 0) is 30.8 Å². The minimum atomic E-state index is -0.792. The SMILES string of the molecule is CC(=O)OCOC(=O)SC(C)C(=O)NCC(=O)Oc1ccccc1. The fraction of sp³-hybridized carbons (Fsp3) is 0.333. The zero-order valence-electron chi connectivity index (χ0n) is 13.1. The van der Waals surface area contributed by atoms with Crippen molar-refractivity contribution in [1.29, 1.82) is 0 Å². The molecule has 1 amide bonds. The maximum absolute atomic E-state index is 11.8. The summed E-state index contributed by atoms with van der Waals surface area (Å²) in [7, 11) is 0. The van der Waals surface area contributed by atoms with Crippen molar-refractivity contribution in [3.05, 3.63) is 30.3 Å². The van der Waals surface area contributed by atoms with Gasteiger partial charge in [0.1, 0.15) is 12.3 Å². The van der Waals surface area contributed by atoms with Gasteiger partial charge in [-0.25, -0.2) is 9.59 Å². The Kier molecular flexibility index (Phi) is 8.34. The molecule has 0 fully saturated rings. The topological polar surface area (TPSA) is 108 Å². The molecular weight excluding hydrogens is 338 g/mol. The van der Waals surface area contributed by atoms with Gasteiger partial charge in [-0.15, -0.1) is 0 Å². The molecule has 24 heavy (non-hydrogen) atoms. The molecule has 8 nitrogen and oxygen atoms in total. The third kappa shape index (κ3) is 8.18. The van der Waals surface area contributed by atoms with Gasteiger partial charge in [0.05, 0.1) is 5.25 Å². The lowest BCUT2D eigenvalue weighted by molar-refractivity contribution is -0.148. The molecule has 0 aliphatic carbocycles. The van der Waals surface area contributed by atoms with E-state index in [4.69, 9.17) is 4.74 Å². The number of benzene rings is 1. The summed E-state index contributed by atoms with van der Waals surface area (Å²) in [6, 6.07) is 8.41. The number of para-hydroxylation sites is 1. The van der Waals surface area contributed by atoms with E-state index in [0.29, 0.717) is 17.5 Å². The molecule has 0 bridgehead atoms. The van der Waals surface area contributed by atoms with E-state index < -0.39 is 35.2 Å². The van der Waals surface area contributed by atoms with Crippen LogP contribution in [0.2, 0.25) is 0 Å². The highest BCUT2D eigenvalue weighted by Gasteiger charge is 2.20. The molecule has 0 aliphatic rings. The van der Waals surface area contributed by atoms with E-state index in [9.17, 15) is 19.2 Å². The van der Waals surface area contributed by atoms with E-state index >= 15 is 0 Å². The number of carbonyl (C=O) groups is 4. The van der Waals surface area contributed by atoms with Crippen molar-refractivity contribution in [3.63, 3.8) is 0 Å². The maximum atomic E-state index is 11.8. The summed E-state index contributed by atoms with van der Waals surface area (Å²) < 4.78 is 14.0. The highest BCUT2D eigenvalue weighted by atomic mass is 32.2. The molecule has 0 saturated heterocycles. The summed E-state index contributed by atoms with van der Waals surface area (Å²) in [6.07, 6.45) is 0. The molecule has 0 heterocycles. The summed E-state index contributed by atoms with van der Waals surface area (Å²) in [4.78, 5) is 45.3. The number of ether oxygens (including phenoxy) is 3. The Hall–Kier alpha value is -2.55. The first-order valence-electron chi connectivity index (χ1n) is 6.88. The van der Waals surface area contributed by atoms with Crippen LogP contribution in [0.25, 0.3) is 0 Å². The quantitative estimate of drug-likeness (QED) is 0.445. The molecular formula is C15H17NO7S. The van der Waals surface area contributed by atoms with Crippen molar-refractivity contribution in [1.82, 2.24) is 5.32 Å². The van der Waals surface area contributed by atoms with Crippen LogP contribution in [-0.4, -0.2) is 41.7 Å². The molecule has 1 N–H and O–H groups in total. The predicted octanol–water partition coefficient (Wildman–Crippen LogP) is 1.49. The number of carbonyl (C=O) groups excluding carboxylic acids is 4. The van der Waals surface area contributed by atoms with Gasteiger partial charge in [-0.2, -0.15) is 0 Å². The highest BCUT2D eigenvalue weighted by molar-refractivity contribution is 8.14. The Morgan fingerprint density at radius 2 is 1.79 bits per heavy atom. The second-order valence-electron chi connectivity index (χ2n) is 4.41. The summed E-state index contributed by atoms with van der Waals surface area (Å²) >= 11 is 0.598. The normalized spacial score (nSPS) is 11.1. The fourth-order valence-corrected chi connectivity index (χ4v) is 1.95. The number of amides is 1. The minimum Gasteiger partial charge on any atom is -0.428 e. The molecule has 1 aromatic rings. The van der Waals surface area contributed by atoms with Gasteiger partial charge in [0.25, 0.3) is 0 Å². The first-order chi connectivity index (χ1) is 11.4. The van der Waals surface area contributed by atoms with Crippen molar-refractivity contribution in [2.24, 2.45) is 0 Å². The third-order valence-electron chi connectivity index (χ3n) is 2.46. The number of rotatable bonds is 7. The van der Waals surface area contributed by atoms with Gasteiger partial charge >= 0.3 is 17.2 Å². The Balaban J connectivity index is 2.27. The first-order valence-corrected chi connectivity index (χ1v) is 7.76. The van der Waals surface area contributed by atoms with Crippen LogP contribution >= 0.6 is 11.8 Å². The second-order valence-corrected chi connectivity index (χ2v) is 5.69. The third-order valence-corrected chi connectivity index (χ3v) is 3.34. The predicted molar refractivity (Wildman–Crippen MR) is 85.3 cm³/mol. The van der Waals surface area contributed by atoms with Gasteiger partial charge in [0.2, 0.25) is 12.7 Å². The van der Waals surface area contributed by atoms with E-state index in [2.05, 4.69) is 14.8 Å². The van der Waals surface area contributed by atoms with Crippen LogP contribution < -0.4 is 10.1 Å². The lowest BCUT2D eigenvalue weighted by Crippen LogP contribution is -2.37. The summed E-state index contributed by atoms with van der Waals surface area (Å²) in [5, 5.41) is 0.790. The second kappa shape index (κ2) is 10.3. The van der Waals surface area contributed by atoms with E-state index in [1.165, 1.54) is 13.8 Å². The van der Waals surface area contributed by atoms with Crippen molar-refractivity contribution in [3.8, 4) is 5.75 Å². The van der Waals surface area contributed by atoms with Crippen LogP contribution in [0, 0.1) is 0 Å². The van der Waals surface area contributed by atoms with Gasteiger partial charge in [-0.1, -0.05) is 18.2 Å². The Labute approximate surface area is 142 Å². The van der Waals surface area contributed by atoms with Gasteiger partial charge < -0.3 is 19.5 Å². The monoisotopic (exact) mass is 355 g/mol. The van der Waals surface area contributed by atoms with Gasteiger partial charge in [0, 0.05) is 6.92 Å². The summed E-state index contributed by atoms with van der Waals surface area (Å²) in [5.74, 6) is -1.39. The number of thioether (sulfide) groups is 1. The Morgan fingerprint density at radius 1 is 1.12 bits per heavy atom. The lowest BCUT2D eigenvalue weighted by atomic mass is 10.3. The largest absolute Gasteiger partial charge is 0.428 e. The smallest absolute Gasteiger partial charge is 0.370 e. The number of nitrogens with one attached hydrogen (secondary N) is 1. The molecule has 1 unspecified atom stereocenters. The number of hydrogen-bond donors (Lipinski definition) is 1. The molecule has 0 aliphatic heterocycles. The van der Waals surface area contributed by atoms with Crippen molar-refractivity contribution in [2.45, 2.75) is 19.1 Å². The Morgan fingerprint density at radius 3 is 2.42 bits per heavy atom. The molecule has 0 aromatic heterocycles. The zero-order chi connectivity index (χ0) is 17.9. The molecule has 0 saturated carbocycles. The van der Waals surface area contributed by atoms with Crippen LogP contribution in [0.15, 0.2) is 30.3 Å². The molecule has 9 heteroatoms. The van der Waals surface area contributed by atoms with Crippen LogP contribution in [0.4, 0.5) is 4.79 Å². The molecule has 0 spiro atoms. The fourth-order valence-electron chi connectivity index (χ4n) is 1.35. The lowest BCUT2D eigenvalue weighted by Gasteiger charge is -2.11. The van der Waals surface area contributed by atoms with Crippen LogP contribution in [0.1, 0.15) is 13.8 Å². The zero-order valence-corrected chi connectivity index (χ0v) is 14.0. The number of hydrogen-bond acceptors (Lipinski definition) is 8. The summed E-state index contributed by atoms with van der Waals surface area (Å²) in [5.41, 5.74) is 0. The molecule has 1 aromatic carbocycles. The van der Waals surface area contributed by atoms with Crippen molar-refractivity contribution < 1.29 is 33.4 Å². The molecule has 130 valence electrons. The highest BCUT2D eigenvalue weighted by Crippen LogP contribution is 2.14. The van der Waals surface area contributed by atoms with E-state index in [1.54, 1.807) is 30.3 Å². The first kappa shape index (κ1) is 19.5. The van der Waals surface area contributed by atoms with Crippen molar-refractivity contribution >= 4 is 34.9 Å². The van der Waals surface area contributed by atoms with E-state index in [0.717, 1.165) is 0 Å². The summed E-state index contributed by atoms with van der Waals surface area (Å²) in [6.45, 7) is 1.79. The average molecular weight is 355 g/mol. The Bertz CT molecular complexity index is 591. The molecule has 1 atom stereocenters. The van der Waals surface area contributed by atoms with Crippen LogP contribution in [0.3, 0.4) is 0 Å². The molecule has 0 radical (unpaired) electrons. The maximum Gasteiger partial charge on any atom is 0.370 e. The van der Waals surface area contributed by atoms with Crippen LogP contribution in [-0.2, 0) is 23.9 Å². The average Bonchev–Trinajstić information content (AvgIpc) is 2.53. The van der Waals surface area contributed by atoms with E-state index in [1.807, 2.05) is 0 Å². The minimum absolute atomic E-state index is 0.332. The standard InChI is InChI=1S/C15H17NO7S/c1-10(24-15(20)22-9-21-11(2)17)14(19)16-8-13(18)23-12-6-4-3-5-7-12/h3-7,10H,8-9H2,1-2H3,(H,16,19). The number of esters is 2. The van der Waals surface area contributed by atoms with Gasteiger partial charge in [0.15, 0.2) is 0 Å².